The van der Waals surface area contributed by atoms with Gasteiger partial charge in [-0.25, -0.2) is 28.1 Å². The topological polar surface area (TPSA) is 118 Å². The van der Waals surface area contributed by atoms with Crippen LogP contribution >= 0.6 is 11.6 Å². The van der Waals surface area contributed by atoms with Crippen LogP contribution in [0.3, 0.4) is 0 Å². The van der Waals surface area contributed by atoms with E-state index in [0.717, 1.165) is 25.7 Å². The number of anilines is 2. The molecule has 0 bridgehead atoms. The van der Waals surface area contributed by atoms with E-state index in [9.17, 15) is 8.42 Å². The van der Waals surface area contributed by atoms with E-state index in [0.29, 0.717) is 44.5 Å². The molecule has 2 aliphatic rings. The van der Waals surface area contributed by atoms with Gasteiger partial charge in [0.15, 0.2) is 0 Å². The fourth-order valence-corrected chi connectivity index (χ4v) is 5.98. The molecular weight excluding hydrogens is 440 g/mol. The molecule has 1 saturated heterocycles. The Bertz CT molecular complexity index is 986. The second-order valence-corrected chi connectivity index (χ2v) is 10.1. The Hall–Kier alpha value is -2.01. The molecule has 2 fully saturated rings. The van der Waals surface area contributed by atoms with Crippen LogP contribution in [0.1, 0.15) is 32.1 Å². The second kappa shape index (κ2) is 9.64. The maximum absolute atomic E-state index is 13.0. The van der Waals surface area contributed by atoms with Crippen molar-refractivity contribution in [3.8, 4) is 0 Å². The van der Waals surface area contributed by atoms with Gasteiger partial charge >= 0.3 is 0 Å². The number of sulfonamides is 1. The summed E-state index contributed by atoms with van der Waals surface area (Å²) in [5, 5.41) is 6.41. The highest BCUT2D eigenvalue weighted by Gasteiger charge is 2.45. The quantitative estimate of drug-likeness (QED) is 0.508. The summed E-state index contributed by atoms with van der Waals surface area (Å²) in [5.74, 6) is 0.957. The Morgan fingerprint density at radius 2 is 1.87 bits per heavy atom. The van der Waals surface area contributed by atoms with Gasteiger partial charge in [0.2, 0.25) is 16.0 Å². The van der Waals surface area contributed by atoms with E-state index >= 15 is 0 Å². The molecule has 1 aliphatic heterocycles. The van der Waals surface area contributed by atoms with Gasteiger partial charge in [0.1, 0.15) is 10.7 Å². The number of pyridine rings is 1. The Morgan fingerprint density at radius 3 is 2.61 bits per heavy atom. The highest BCUT2D eigenvalue weighted by Crippen LogP contribution is 2.44. The molecular formula is C20H27ClN6O3S. The predicted octanol–water partition coefficient (Wildman–Crippen LogP) is 2.68. The number of nitrogens with one attached hydrogen (secondary N) is 3. The van der Waals surface area contributed by atoms with Gasteiger partial charge in [0.25, 0.3) is 0 Å². The third-order valence-electron chi connectivity index (χ3n) is 5.97. The third-order valence-corrected chi connectivity index (χ3v) is 7.70. The summed E-state index contributed by atoms with van der Waals surface area (Å²) in [6, 6.07) is 3.05. The molecule has 31 heavy (non-hydrogen) atoms. The van der Waals surface area contributed by atoms with Gasteiger partial charge in [-0.05, 0) is 31.4 Å². The van der Waals surface area contributed by atoms with E-state index < -0.39 is 10.0 Å². The van der Waals surface area contributed by atoms with Crippen molar-refractivity contribution in [3.63, 3.8) is 0 Å². The second-order valence-electron chi connectivity index (χ2n) is 8.01. The van der Waals surface area contributed by atoms with Crippen molar-refractivity contribution in [1.82, 2.24) is 19.7 Å². The third kappa shape index (κ3) is 5.25. The molecule has 2 aromatic rings. The summed E-state index contributed by atoms with van der Waals surface area (Å²) in [5.41, 5.74) is -0.0977. The largest absolute Gasteiger partial charge is 0.381 e. The Kier molecular flexibility index (Phi) is 6.90. The first-order chi connectivity index (χ1) is 15.0. The standard InChI is InChI=1S/C20H27ClN6O3S/c21-16-12-15(13-26-18(16)22-9-10-25-19-23-7-3-8-24-19)31(28,29)27-17-4-11-30-14-20(17)5-1-2-6-20/h3,7-8,12-13,17,27H,1-2,4-6,9-11,14H2,(H,22,26)(H,23,24,25). The highest BCUT2D eigenvalue weighted by molar-refractivity contribution is 7.89. The molecule has 0 amide bonds. The van der Waals surface area contributed by atoms with E-state index in [-0.39, 0.29) is 21.4 Å². The first kappa shape index (κ1) is 22.2. The highest BCUT2D eigenvalue weighted by atomic mass is 35.5. The zero-order valence-electron chi connectivity index (χ0n) is 17.2. The Balaban J connectivity index is 1.37. The van der Waals surface area contributed by atoms with Crippen LogP contribution in [0.25, 0.3) is 0 Å². The van der Waals surface area contributed by atoms with Gasteiger partial charge in [-0.15, -0.1) is 0 Å². The van der Waals surface area contributed by atoms with Crippen LogP contribution in [0.15, 0.2) is 35.6 Å². The summed E-state index contributed by atoms with van der Waals surface area (Å²) in [4.78, 5) is 12.5. The average molecular weight is 467 g/mol. The van der Waals surface area contributed by atoms with Gasteiger partial charge in [0, 0.05) is 49.7 Å². The first-order valence-corrected chi connectivity index (χ1v) is 12.4. The van der Waals surface area contributed by atoms with Crippen molar-refractivity contribution in [1.29, 1.82) is 0 Å². The number of hydrogen-bond donors (Lipinski definition) is 3. The van der Waals surface area contributed by atoms with E-state index in [2.05, 4.69) is 30.3 Å². The van der Waals surface area contributed by atoms with Crippen molar-refractivity contribution in [2.75, 3.05) is 36.9 Å². The molecule has 3 heterocycles. The number of rotatable bonds is 8. The van der Waals surface area contributed by atoms with Crippen LogP contribution in [0, 0.1) is 5.41 Å². The van der Waals surface area contributed by atoms with Crippen LogP contribution in [0.5, 0.6) is 0 Å². The number of aromatic nitrogens is 3. The zero-order valence-corrected chi connectivity index (χ0v) is 18.8. The van der Waals surface area contributed by atoms with E-state index in [1.807, 2.05) is 0 Å². The Labute approximate surface area is 187 Å². The van der Waals surface area contributed by atoms with Crippen molar-refractivity contribution < 1.29 is 13.2 Å². The molecule has 1 aliphatic carbocycles. The van der Waals surface area contributed by atoms with E-state index in [4.69, 9.17) is 16.3 Å². The number of ether oxygens (including phenoxy) is 1. The Morgan fingerprint density at radius 1 is 1.13 bits per heavy atom. The minimum atomic E-state index is -3.73. The van der Waals surface area contributed by atoms with Crippen LogP contribution in [0.4, 0.5) is 11.8 Å². The fourth-order valence-electron chi connectivity index (χ4n) is 4.34. The van der Waals surface area contributed by atoms with Gasteiger partial charge in [0.05, 0.1) is 11.6 Å². The summed E-state index contributed by atoms with van der Waals surface area (Å²) in [6.45, 7) is 2.25. The van der Waals surface area contributed by atoms with Crippen LogP contribution in [-0.4, -0.2) is 55.7 Å². The molecule has 4 rings (SSSR count). The normalized spacial score (nSPS) is 20.6. The summed E-state index contributed by atoms with van der Waals surface area (Å²) in [6.07, 6.45) is 9.53. The molecule has 0 radical (unpaired) electrons. The lowest BCUT2D eigenvalue weighted by atomic mass is 9.77. The monoisotopic (exact) mass is 466 g/mol. The lowest BCUT2D eigenvalue weighted by Crippen LogP contribution is -2.52. The lowest BCUT2D eigenvalue weighted by molar-refractivity contribution is -0.0235. The summed E-state index contributed by atoms with van der Waals surface area (Å²) in [7, 11) is -3.73. The first-order valence-electron chi connectivity index (χ1n) is 10.5. The van der Waals surface area contributed by atoms with Crippen LogP contribution < -0.4 is 15.4 Å². The molecule has 1 unspecified atom stereocenters. The molecule has 1 spiro atoms. The SMILES string of the molecule is O=S(=O)(NC1CCOCC12CCCC2)c1cnc(NCCNc2ncccn2)c(Cl)c1. The predicted molar refractivity (Wildman–Crippen MR) is 119 cm³/mol. The zero-order chi connectivity index (χ0) is 21.7. The van der Waals surface area contributed by atoms with Gasteiger partial charge in [-0.3, -0.25) is 0 Å². The average Bonchev–Trinajstić information content (AvgIpc) is 3.23. The van der Waals surface area contributed by atoms with Crippen LogP contribution in [0.2, 0.25) is 5.02 Å². The summed E-state index contributed by atoms with van der Waals surface area (Å²) < 4.78 is 34.6. The molecule has 1 saturated carbocycles. The fraction of sp³-hybridized carbons (Fsp3) is 0.550. The van der Waals surface area contributed by atoms with Crippen molar-refractivity contribution in [3.05, 3.63) is 35.7 Å². The number of nitrogens with zero attached hydrogens (tertiary/aromatic N) is 3. The minimum Gasteiger partial charge on any atom is -0.381 e. The van der Waals surface area contributed by atoms with Crippen molar-refractivity contribution in [2.45, 2.75) is 43.0 Å². The molecule has 2 aromatic heterocycles. The maximum Gasteiger partial charge on any atom is 0.242 e. The minimum absolute atomic E-state index is 0.0681. The molecule has 3 N–H and O–H groups in total. The molecule has 11 heteroatoms. The van der Waals surface area contributed by atoms with Crippen molar-refractivity contribution >= 4 is 33.4 Å². The maximum atomic E-state index is 13.0. The van der Waals surface area contributed by atoms with Gasteiger partial charge in [-0.2, -0.15) is 0 Å². The lowest BCUT2D eigenvalue weighted by Gasteiger charge is -2.41. The van der Waals surface area contributed by atoms with Crippen molar-refractivity contribution in [2.24, 2.45) is 5.41 Å². The molecule has 1 atom stereocenters. The molecule has 9 nitrogen and oxygen atoms in total. The molecule has 168 valence electrons. The number of hydrogen-bond acceptors (Lipinski definition) is 8. The smallest absolute Gasteiger partial charge is 0.242 e. The van der Waals surface area contributed by atoms with E-state index in [1.54, 1.807) is 18.5 Å². The van der Waals surface area contributed by atoms with Crippen LogP contribution in [-0.2, 0) is 14.8 Å². The number of halogens is 1. The summed E-state index contributed by atoms with van der Waals surface area (Å²) >= 11 is 6.31. The van der Waals surface area contributed by atoms with Gasteiger partial charge in [-0.1, -0.05) is 24.4 Å². The van der Waals surface area contributed by atoms with E-state index in [1.165, 1.54) is 12.3 Å². The van der Waals surface area contributed by atoms with Gasteiger partial charge < -0.3 is 15.4 Å². The molecule has 0 aromatic carbocycles.